The van der Waals surface area contributed by atoms with Crippen LogP contribution in [0.4, 0.5) is 0 Å². The zero-order chi connectivity index (χ0) is 20.4. The Morgan fingerprint density at radius 2 is 0.667 bits per heavy atom. The number of rotatable bonds is 3. The fraction of sp³-hybridized carbons (Fsp3) is 0.333. The zero-order valence-corrected chi connectivity index (χ0v) is 17.6. The van der Waals surface area contributed by atoms with Crippen LogP contribution in [0.15, 0.2) is 91.0 Å². The highest BCUT2D eigenvalue weighted by Gasteiger charge is 2.18. The molecule has 0 aliphatic carbocycles. The summed E-state index contributed by atoms with van der Waals surface area (Å²) in [6.45, 7) is 2.98. The van der Waals surface area contributed by atoms with Gasteiger partial charge in [-0.25, -0.2) is 0 Å². The van der Waals surface area contributed by atoms with Gasteiger partial charge in [-0.3, -0.25) is 0 Å². The lowest BCUT2D eigenvalue weighted by Gasteiger charge is -2.27. The van der Waals surface area contributed by atoms with E-state index in [1.807, 2.05) is 0 Å². The zero-order valence-electron chi connectivity index (χ0n) is 17.6. The highest BCUT2D eigenvalue weighted by atomic mass is 15.0. The van der Waals surface area contributed by atoms with Crippen LogP contribution in [-0.4, -0.2) is 19.6 Å². The minimum absolute atomic E-state index is 0.367. The molecule has 0 amide bonds. The van der Waals surface area contributed by atoms with Gasteiger partial charge in [-0.2, -0.15) is 0 Å². The average Bonchev–Trinajstić information content (AvgIpc) is 2.81. The van der Waals surface area contributed by atoms with Crippen LogP contribution in [0.25, 0.3) is 0 Å². The van der Waals surface area contributed by atoms with Gasteiger partial charge in [0.25, 0.3) is 0 Å². The molecule has 0 saturated carbocycles. The summed E-state index contributed by atoms with van der Waals surface area (Å²) in [6.07, 6.45) is 3.24. The molecule has 0 radical (unpaired) electrons. The lowest BCUT2D eigenvalue weighted by Crippen LogP contribution is -2.34. The molecule has 3 aromatic rings. The van der Waals surface area contributed by atoms with Crippen LogP contribution in [0.1, 0.15) is 54.1 Å². The van der Waals surface area contributed by atoms with E-state index in [4.69, 9.17) is 0 Å². The number of hydrogen-bond acceptors (Lipinski definition) is 3. The summed E-state index contributed by atoms with van der Waals surface area (Å²) in [5.74, 6) is 0. The van der Waals surface area contributed by atoms with Gasteiger partial charge in [-0.15, -0.1) is 0 Å². The summed E-state index contributed by atoms with van der Waals surface area (Å²) in [5, 5.41) is 11.5. The molecule has 3 N–H and O–H groups in total. The molecule has 3 nitrogen and oxygen atoms in total. The molecule has 1 fully saturated rings. The van der Waals surface area contributed by atoms with Gasteiger partial charge < -0.3 is 16.0 Å². The van der Waals surface area contributed by atoms with E-state index in [-0.39, 0.29) is 0 Å². The smallest absolute Gasteiger partial charge is 0.0332 e. The molecule has 156 valence electrons. The van der Waals surface area contributed by atoms with E-state index >= 15 is 0 Å². The molecule has 3 heteroatoms. The Hall–Kier alpha value is -2.46. The molecule has 4 rings (SSSR count). The normalized spacial score (nSPS) is 23.8. The predicted octanol–water partition coefficient (Wildman–Crippen LogP) is 5.16. The van der Waals surface area contributed by atoms with E-state index in [1.54, 1.807) is 0 Å². The summed E-state index contributed by atoms with van der Waals surface area (Å²) in [6, 6.07) is 33.7. The molecule has 3 aromatic carbocycles. The van der Waals surface area contributed by atoms with Gasteiger partial charge in [0.05, 0.1) is 0 Å². The quantitative estimate of drug-likeness (QED) is 0.569. The largest absolute Gasteiger partial charge is 0.310 e. The first kappa shape index (κ1) is 20.8. The molecule has 0 aromatic heterocycles. The minimum Gasteiger partial charge on any atom is -0.310 e. The minimum atomic E-state index is 0.367. The predicted molar refractivity (Wildman–Crippen MR) is 125 cm³/mol. The third kappa shape index (κ3) is 5.79. The molecule has 1 aliphatic rings. The summed E-state index contributed by atoms with van der Waals surface area (Å²) in [4.78, 5) is 0. The number of nitrogens with one attached hydrogen (secondary N) is 3. The van der Waals surface area contributed by atoms with Crippen LogP contribution in [0.3, 0.4) is 0 Å². The molecule has 30 heavy (non-hydrogen) atoms. The fourth-order valence-electron chi connectivity index (χ4n) is 4.42. The van der Waals surface area contributed by atoms with Crippen molar-refractivity contribution in [1.82, 2.24) is 16.0 Å². The Labute approximate surface area is 180 Å². The molecule has 1 aliphatic heterocycles. The molecule has 3 unspecified atom stereocenters. The van der Waals surface area contributed by atoms with E-state index in [9.17, 15) is 0 Å². The molecule has 1 heterocycles. The van der Waals surface area contributed by atoms with Crippen LogP contribution >= 0.6 is 0 Å². The first-order valence-electron chi connectivity index (χ1n) is 11.2. The molecule has 3 atom stereocenters. The Kier molecular flexibility index (Phi) is 7.68. The third-order valence-corrected chi connectivity index (χ3v) is 6.08. The van der Waals surface area contributed by atoms with Crippen molar-refractivity contribution >= 4 is 0 Å². The summed E-state index contributed by atoms with van der Waals surface area (Å²) in [5.41, 5.74) is 4.12. The topological polar surface area (TPSA) is 36.1 Å². The van der Waals surface area contributed by atoms with Crippen molar-refractivity contribution in [2.75, 3.05) is 19.6 Å². The van der Waals surface area contributed by atoms with Gasteiger partial charge in [-0.05, 0) is 55.6 Å². The third-order valence-electron chi connectivity index (χ3n) is 6.08. The Bertz CT molecular complexity index is 721. The standard InChI is InChI=1S/C27H33N3/c1-4-10-22(11-5-1)25-16-19-29-27(24-14-8-3-9-15-24)18-21-30-26(17-20-28-25)23-12-6-2-7-13-23/h1-15,25-30H,16-21H2. The van der Waals surface area contributed by atoms with Crippen LogP contribution in [0.5, 0.6) is 0 Å². The van der Waals surface area contributed by atoms with E-state index in [1.165, 1.54) is 16.7 Å². The van der Waals surface area contributed by atoms with Crippen molar-refractivity contribution in [1.29, 1.82) is 0 Å². The maximum atomic E-state index is 3.83. The van der Waals surface area contributed by atoms with Gasteiger partial charge in [0.1, 0.15) is 0 Å². The van der Waals surface area contributed by atoms with E-state index < -0.39 is 0 Å². The lowest BCUT2D eigenvalue weighted by molar-refractivity contribution is 0.383. The van der Waals surface area contributed by atoms with Crippen molar-refractivity contribution in [3.63, 3.8) is 0 Å². The van der Waals surface area contributed by atoms with Crippen molar-refractivity contribution < 1.29 is 0 Å². The average molecular weight is 400 g/mol. The SMILES string of the molecule is c1ccc(C2CCNC(c3ccccc3)CCNC(c3ccccc3)CCN2)cc1. The summed E-state index contributed by atoms with van der Waals surface area (Å²) in [7, 11) is 0. The maximum absolute atomic E-state index is 3.83. The fourth-order valence-corrected chi connectivity index (χ4v) is 4.42. The molecular weight excluding hydrogens is 366 g/mol. The van der Waals surface area contributed by atoms with Crippen molar-refractivity contribution in [3.8, 4) is 0 Å². The monoisotopic (exact) mass is 399 g/mol. The van der Waals surface area contributed by atoms with Crippen LogP contribution in [-0.2, 0) is 0 Å². The summed E-state index contributed by atoms with van der Waals surface area (Å²) >= 11 is 0. The van der Waals surface area contributed by atoms with E-state index in [2.05, 4.69) is 107 Å². The first-order chi connectivity index (χ1) is 14.9. The van der Waals surface area contributed by atoms with Crippen molar-refractivity contribution in [2.45, 2.75) is 37.4 Å². The Morgan fingerprint density at radius 1 is 0.400 bits per heavy atom. The highest BCUT2D eigenvalue weighted by molar-refractivity contribution is 5.22. The number of benzene rings is 3. The van der Waals surface area contributed by atoms with Gasteiger partial charge in [0.15, 0.2) is 0 Å². The Morgan fingerprint density at radius 3 is 0.933 bits per heavy atom. The number of hydrogen-bond donors (Lipinski definition) is 3. The van der Waals surface area contributed by atoms with Crippen LogP contribution in [0, 0.1) is 0 Å². The molecule has 0 spiro atoms. The highest BCUT2D eigenvalue weighted by Crippen LogP contribution is 2.23. The van der Waals surface area contributed by atoms with Crippen LogP contribution in [0.2, 0.25) is 0 Å². The second kappa shape index (κ2) is 11.1. The second-order valence-electron chi connectivity index (χ2n) is 8.12. The van der Waals surface area contributed by atoms with Gasteiger partial charge in [0, 0.05) is 18.1 Å². The van der Waals surface area contributed by atoms with Gasteiger partial charge in [-0.1, -0.05) is 91.0 Å². The lowest BCUT2D eigenvalue weighted by atomic mass is 9.98. The van der Waals surface area contributed by atoms with Gasteiger partial charge in [0.2, 0.25) is 0 Å². The Balaban J connectivity index is 1.52. The van der Waals surface area contributed by atoms with Crippen molar-refractivity contribution in [2.24, 2.45) is 0 Å². The molecule has 1 saturated heterocycles. The molecular formula is C27H33N3. The van der Waals surface area contributed by atoms with E-state index in [0.29, 0.717) is 18.1 Å². The van der Waals surface area contributed by atoms with Crippen LogP contribution < -0.4 is 16.0 Å². The van der Waals surface area contributed by atoms with Gasteiger partial charge >= 0.3 is 0 Å². The maximum Gasteiger partial charge on any atom is 0.0332 e. The van der Waals surface area contributed by atoms with Crippen molar-refractivity contribution in [3.05, 3.63) is 108 Å². The molecule has 0 bridgehead atoms. The van der Waals surface area contributed by atoms with E-state index in [0.717, 1.165) is 38.9 Å². The first-order valence-corrected chi connectivity index (χ1v) is 11.2. The second-order valence-corrected chi connectivity index (χ2v) is 8.12. The summed E-state index contributed by atoms with van der Waals surface area (Å²) < 4.78 is 0.